The molecule has 0 atom stereocenters. The summed E-state index contributed by atoms with van der Waals surface area (Å²) in [5.74, 6) is 1.35. The maximum absolute atomic E-state index is 12.8. The number of hydrogen-bond donors (Lipinski definition) is 0. The largest absolute Gasteiger partial charge is 0.454 e. The second-order valence-corrected chi connectivity index (χ2v) is 8.56. The molecule has 0 aliphatic carbocycles. The van der Waals surface area contributed by atoms with Crippen molar-refractivity contribution in [2.75, 3.05) is 33.0 Å². The van der Waals surface area contributed by atoms with Gasteiger partial charge in [0.15, 0.2) is 11.5 Å². The minimum Gasteiger partial charge on any atom is -0.454 e. The number of benzene rings is 2. The molecule has 6 nitrogen and oxygen atoms in total. The van der Waals surface area contributed by atoms with Gasteiger partial charge in [-0.15, -0.1) is 0 Å². The van der Waals surface area contributed by atoms with E-state index in [0.29, 0.717) is 42.3 Å². The van der Waals surface area contributed by atoms with E-state index < -0.39 is 0 Å². The molecule has 1 fully saturated rings. The molecular weight excluding hydrogens is 424 g/mol. The van der Waals surface area contributed by atoms with E-state index in [2.05, 4.69) is 6.58 Å². The lowest BCUT2D eigenvalue weighted by atomic mass is 10.1. The number of piperazine rings is 1. The summed E-state index contributed by atoms with van der Waals surface area (Å²) in [6.45, 7) is 7.85. The van der Waals surface area contributed by atoms with Gasteiger partial charge in [0, 0.05) is 48.5 Å². The van der Waals surface area contributed by atoms with Crippen LogP contribution >= 0.6 is 23.4 Å². The van der Waals surface area contributed by atoms with Gasteiger partial charge in [-0.3, -0.25) is 9.59 Å². The predicted molar refractivity (Wildman–Crippen MR) is 116 cm³/mol. The van der Waals surface area contributed by atoms with Crippen molar-refractivity contribution in [1.29, 1.82) is 0 Å². The lowest BCUT2D eigenvalue weighted by Crippen LogP contribution is -2.50. The van der Waals surface area contributed by atoms with Crippen molar-refractivity contribution in [3.63, 3.8) is 0 Å². The standard InChI is InChI=1S/C22H21ClN2O4S/c1-14(22(27)25-9-7-24(8-10-25)15(2)26)16-3-6-21(18(23)11-16)30-17-4-5-19-20(12-17)29-13-28-19/h3-6,11-12H,1,7-10,13H2,2H3. The Morgan fingerprint density at radius 1 is 1.00 bits per heavy atom. The smallest absolute Gasteiger partial charge is 0.253 e. The fourth-order valence-electron chi connectivity index (χ4n) is 3.38. The lowest BCUT2D eigenvalue weighted by Gasteiger charge is -2.34. The van der Waals surface area contributed by atoms with Gasteiger partial charge in [-0.05, 0) is 35.9 Å². The van der Waals surface area contributed by atoms with Crippen molar-refractivity contribution in [1.82, 2.24) is 9.80 Å². The Morgan fingerprint density at radius 3 is 2.40 bits per heavy atom. The molecule has 30 heavy (non-hydrogen) atoms. The van der Waals surface area contributed by atoms with Crippen molar-refractivity contribution in [3.05, 3.63) is 53.6 Å². The van der Waals surface area contributed by atoms with Gasteiger partial charge < -0.3 is 19.3 Å². The van der Waals surface area contributed by atoms with Crippen molar-refractivity contribution in [2.45, 2.75) is 16.7 Å². The number of nitrogens with zero attached hydrogens (tertiary/aromatic N) is 2. The molecule has 156 valence electrons. The normalized spacial score (nSPS) is 15.3. The highest BCUT2D eigenvalue weighted by Crippen LogP contribution is 2.40. The molecule has 4 rings (SSSR count). The molecule has 2 amide bonds. The van der Waals surface area contributed by atoms with E-state index in [4.69, 9.17) is 21.1 Å². The van der Waals surface area contributed by atoms with E-state index in [1.807, 2.05) is 30.3 Å². The Balaban J connectivity index is 1.43. The van der Waals surface area contributed by atoms with Crippen molar-refractivity contribution in [2.24, 2.45) is 0 Å². The number of carbonyl (C=O) groups is 2. The van der Waals surface area contributed by atoms with Gasteiger partial charge in [-0.1, -0.05) is 36.0 Å². The zero-order valence-electron chi connectivity index (χ0n) is 16.5. The van der Waals surface area contributed by atoms with Crippen molar-refractivity contribution >= 4 is 40.8 Å². The number of fused-ring (bicyclic) bond motifs is 1. The number of ether oxygens (including phenoxy) is 2. The fourth-order valence-corrected chi connectivity index (χ4v) is 4.52. The van der Waals surface area contributed by atoms with Crippen LogP contribution in [0.25, 0.3) is 5.57 Å². The first kappa shape index (κ1) is 20.6. The van der Waals surface area contributed by atoms with Gasteiger partial charge >= 0.3 is 0 Å². The lowest BCUT2D eigenvalue weighted by molar-refractivity contribution is -0.135. The van der Waals surface area contributed by atoms with Crippen LogP contribution in [0.5, 0.6) is 11.5 Å². The van der Waals surface area contributed by atoms with Gasteiger partial charge in [0.05, 0.1) is 5.02 Å². The SMILES string of the molecule is C=C(C(=O)N1CCN(C(C)=O)CC1)c1ccc(Sc2ccc3c(c2)OCO3)c(Cl)c1. The van der Waals surface area contributed by atoms with Gasteiger partial charge in [0.1, 0.15) is 0 Å². The third-order valence-electron chi connectivity index (χ3n) is 5.12. The molecule has 8 heteroatoms. The maximum atomic E-state index is 12.8. The van der Waals surface area contributed by atoms with E-state index >= 15 is 0 Å². The Morgan fingerprint density at radius 2 is 1.70 bits per heavy atom. The molecule has 2 aliphatic heterocycles. The Labute approximate surface area is 184 Å². The third kappa shape index (κ3) is 4.27. The van der Waals surface area contributed by atoms with Gasteiger partial charge in [-0.2, -0.15) is 0 Å². The van der Waals surface area contributed by atoms with Crippen LogP contribution < -0.4 is 9.47 Å². The van der Waals surface area contributed by atoms with Crippen LogP contribution in [0.2, 0.25) is 5.02 Å². The third-order valence-corrected chi connectivity index (χ3v) is 6.61. The molecular formula is C22H21ClN2O4S. The highest BCUT2D eigenvalue weighted by molar-refractivity contribution is 7.99. The van der Waals surface area contributed by atoms with Crippen molar-refractivity contribution < 1.29 is 19.1 Å². The van der Waals surface area contributed by atoms with E-state index in [1.165, 1.54) is 11.8 Å². The van der Waals surface area contributed by atoms with Crippen molar-refractivity contribution in [3.8, 4) is 11.5 Å². The molecule has 0 saturated carbocycles. The predicted octanol–water partition coefficient (Wildman–Crippen LogP) is 3.92. The van der Waals surface area contributed by atoms with Crippen LogP contribution in [0.1, 0.15) is 12.5 Å². The summed E-state index contributed by atoms with van der Waals surface area (Å²) < 4.78 is 10.8. The highest BCUT2D eigenvalue weighted by Gasteiger charge is 2.24. The molecule has 0 N–H and O–H groups in total. The van der Waals surface area contributed by atoms with Crippen LogP contribution in [-0.4, -0.2) is 54.6 Å². The van der Waals surface area contributed by atoms with Gasteiger partial charge in [-0.25, -0.2) is 0 Å². The molecule has 0 spiro atoms. The maximum Gasteiger partial charge on any atom is 0.253 e. The number of halogens is 1. The Hall–Kier alpha value is -2.64. The fraction of sp³-hybridized carbons (Fsp3) is 0.273. The summed E-state index contributed by atoms with van der Waals surface area (Å²) >= 11 is 8.01. The first-order valence-corrected chi connectivity index (χ1v) is 10.7. The quantitative estimate of drug-likeness (QED) is 0.669. The molecule has 0 radical (unpaired) electrons. The van der Waals surface area contributed by atoms with Crippen LogP contribution in [-0.2, 0) is 9.59 Å². The van der Waals surface area contributed by atoms with Gasteiger partial charge in [0.2, 0.25) is 12.7 Å². The first-order chi connectivity index (χ1) is 14.4. The highest BCUT2D eigenvalue weighted by atomic mass is 35.5. The molecule has 0 aromatic heterocycles. The Bertz CT molecular complexity index is 1020. The average Bonchev–Trinajstić information content (AvgIpc) is 3.22. The summed E-state index contributed by atoms with van der Waals surface area (Å²) in [7, 11) is 0. The van der Waals surface area contributed by atoms with E-state index in [0.717, 1.165) is 21.3 Å². The summed E-state index contributed by atoms with van der Waals surface area (Å²) in [6.07, 6.45) is 0. The van der Waals surface area contributed by atoms with Crippen LogP contribution in [0.3, 0.4) is 0 Å². The van der Waals surface area contributed by atoms with E-state index in [9.17, 15) is 9.59 Å². The summed E-state index contributed by atoms with van der Waals surface area (Å²) in [6, 6.07) is 11.3. The number of amides is 2. The molecule has 0 unspecified atom stereocenters. The molecule has 0 bridgehead atoms. The van der Waals surface area contributed by atoms with Crippen LogP contribution in [0, 0.1) is 0 Å². The zero-order valence-corrected chi connectivity index (χ0v) is 18.1. The van der Waals surface area contributed by atoms with Crippen LogP contribution in [0.4, 0.5) is 0 Å². The van der Waals surface area contributed by atoms with Crippen LogP contribution in [0.15, 0.2) is 52.8 Å². The summed E-state index contributed by atoms with van der Waals surface area (Å²) in [5.41, 5.74) is 1.09. The topological polar surface area (TPSA) is 59.1 Å². The molecule has 2 aromatic rings. The summed E-state index contributed by atoms with van der Waals surface area (Å²) in [4.78, 5) is 29.6. The van der Waals surface area contributed by atoms with Gasteiger partial charge in [0.25, 0.3) is 5.91 Å². The molecule has 2 aliphatic rings. The summed E-state index contributed by atoms with van der Waals surface area (Å²) in [5, 5.41) is 0.547. The minimum absolute atomic E-state index is 0.0308. The number of hydrogen-bond acceptors (Lipinski definition) is 5. The van der Waals surface area contributed by atoms with E-state index in [-0.39, 0.29) is 18.6 Å². The molecule has 1 saturated heterocycles. The second-order valence-electron chi connectivity index (χ2n) is 7.04. The Kier molecular flexibility index (Phi) is 5.92. The van der Waals surface area contributed by atoms with E-state index in [1.54, 1.807) is 22.8 Å². The minimum atomic E-state index is -0.134. The molecule has 2 aromatic carbocycles. The molecule has 2 heterocycles. The second kappa shape index (κ2) is 8.62. The number of carbonyl (C=O) groups excluding carboxylic acids is 2. The number of rotatable bonds is 4. The monoisotopic (exact) mass is 444 g/mol. The zero-order chi connectivity index (χ0) is 21.3. The average molecular weight is 445 g/mol. The first-order valence-electron chi connectivity index (χ1n) is 9.53.